The fraction of sp³-hybridized carbons (Fsp3) is 0.333. The van der Waals surface area contributed by atoms with Gasteiger partial charge in [-0.25, -0.2) is 4.79 Å². The monoisotopic (exact) mass is 251 g/mol. The van der Waals surface area contributed by atoms with E-state index in [-0.39, 0.29) is 0 Å². The molecule has 0 atom stereocenters. The van der Waals surface area contributed by atoms with Crippen molar-refractivity contribution in [3.05, 3.63) is 24.3 Å². The van der Waals surface area contributed by atoms with E-state index in [0.29, 0.717) is 30.3 Å². The summed E-state index contributed by atoms with van der Waals surface area (Å²) in [7, 11) is 0. The molecule has 0 spiro atoms. The summed E-state index contributed by atoms with van der Waals surface area (Å²) in [6, 6.07) is 6.83. The largest absolute Gasteiger partial charge is 0.449 e. The van der Waals surface area contributed by atoms with Crippen molar-refractivity contribution in [3.8, 4) is 0 Å². The number of hydrazine groups is 1. The molecule has 0 saturated heterocycles. The highest BCUT2D eigenvalue weighted by atomic mass is 16.5. The zero-order valence-electron chi connectivity index (χ0n) is 10.4. The van der Waals surface area contributed by atoms with E-state index in [2.05, 4.69) is 16.2 Å². The molecular weight excluding hydrogens is 234 g/mol. The first kappa shape index (κ1) is 13.8. The van der Waals surface area contributed by atoms with E-state index in [9.17, 15) is 9.59 Å². The predicted octanol–water partition coefficient (Wildman–Crippen LogP) is 1.96. The Morgan fingerprint density at radius 1 is 1.28 bits per heavy atom. The average Bonchev–Trinajstić information content (AvgIpc) is 2.35. The smallest absolute Gasteiger partial charge is 0.411 e. The molecule has 0 aromatic heterocycles. The zero-order valence-corrected chi connectivity index (χ0v) is 10.4. The van der Waals surface area contributed by atoms with Gasteiger partial charge in [-0.2, -0.15) is 0 Å². The Balaban J connectivity index is 2.42. The van der Waals surface area contributed by atoms with Gasteiger partial charge in [-0.05, 0) is 30.2 Å². The van der Waals surface area contributed by atoms with Gasteiger partial charge in [-0.3, -0.25) is 21.0 Å². The second-order valence-electron chi connectivity index (χ2n) is 4.08. The minimum atomic E-state index is -0.476. The highest BCUT2D eigenvalue weighted by Gasteiger charge is 2.04. The Hall–Kier alpha value is -2.24. The van der Waals surface area contributed by atoms with Gasteiger partial charge >= 0.3 is 6.09 Å². The molecule has 1 aromatic rings. The normalized spacial score (nSPS) is 9.72. The number of hydrogen-bond donors (Lipinski definition) is 3. The van der Waals surface area contributed by atoms with Crippen LogP contribution in [0.15, 0.2) is 24.3 Å². The molecule has 0 unspecified atom stereocenters. The Kier molecular flexibility index (Phi) is 5.50. The lowest BCUT2D eigenvalue weighted by Gasteiger charge is -2.09. The molecule has 18 heavy (non-hydrogen) atoms. The lowest BCUT2D eigenvalue weighted by molar-refractivity contribution is -0.109. The first-order chi connectivity index (χ1) is 8.61. The summed E-state index contributed by atoms with van der Waals surface area (Å²) in [6.45, 7) is 4.32. The topological polar surface area (TPSA) is 79.5 Å². The molecule has 0 radical (unpaired) electrons. The quantitative estimate of drug-likeness (QED) is 0.533. The van der Waals surface area contributed by atoms with Crippen LogP contribution in [-0.2, 0) is 9.53 Å². The van der Waals surface area contributed by atoms with Gasteiger partial charge in [0.1, 0.15) is 0 Å². The Bertz CT molecular complexity index is 390. The summed E-state index contributed by atoms with van der Waals surface area (Å²) in [6.07, 6.45) is 0.0607. The van der Waals surface area contributed by atoms with Gasteiger partial charge in [-0.15, -0.1) is 0 Å². The lowest BCUT2D eigenvalue weighted by atomic mass is 10.2. The third kappa shape index (κ3) is 5.20. The third-order valence-corrected chi connectivity index (χ3v) is 1.95. The summed E-state index contributed by atoms with van der Waals surface area (Å²) in [5, 5.41) is 2.60. The van der Waals surface area contributed by atoms with Crippen molar-refractivity contribution in [1.82, 2.24) is 5.43 Å². The highest BCUT2D eigenvalue weighted by Crippen LogP contribution is 2.12. The minimum absolute atomic E-state index is 0.303. The van der Waals surface area contributed by atoms with Crippen LogP contribution < -0.4 is 16.2 Å². The van der Waals surface area contributed by atoms with E-state index >= 15 is 0 Å². The van der Waals surface area contributed by atoms with E-state index in [1.165, 1.54) is 0 Å². The van der Waals surface area contributed by atoms with Gasteiger partial charge in [-0.1, -0.05) is 13.8 Å². The number of benzene rings is 1. The maximum Gasteiger partial charge on any atom is 0.411 e. The number of carbonyl (C=O) groups excluding carboxylic acids is 2. The second-order valence-corrected chi connectivity index (χ2v) is 4.08. The molecule has 0 aliphatic carbocycles. The van der Waals surface area contributed by atoms with Crippen molar-refractivity contribution in [1.29, 1.82) is 0 Å². The van der Waals surface area contributed by atoms with Gasteiger partial charge in [0.25, 0.3) is 0 Å². The maximum atomic E-state index is 11.4. The Morgan fingerprint density at radius 2 is 1.89 bits per heavy atom. The fourth-order valence-corrected chi connectivity index (χ4v) is 1.15. The molecule has 6 nitrogen and oxygen atoms in total. The molecule has 0 aliphatic rings. The lowest BCUT2D eigenvalue weighted by Crippen LogP contribution is -2.19. The second kappa shape index (κ2) is 7.16. The molecule has 6 heteroatoms. The number of carbonyl (C=O) groups is 2. The van der Waals surface area contributed by atoms with Crippen LogP contribution in [0, 0.1) is 5.92 Å². The van der Waals surface area contributed by atoms with Gasteiger partial charge < -0.3 is 4.74 Å². The first-order valence-electron chi connectivity index (χ1n) is 5.61. The van der Waals surface area contributed by atoms with E-state index in [1.54, 1.807) is 24.3 Å². The van der Waals surface area contributed by atoms with Crippen LogP contribution in [0.3, 0.4) is 0 Å². The molecule has 0 bridgehead atoms. The SMILES string of the molecule is CC(C)COC(=O)Nc1ccc(NNC=O)cc1. The van der Waals surface area contributed by atoms with E-state index in [0.717, 1.165) is 0 Å². The van der Waals surface area contributed by atoms with Gasteiger partial charge in [0.2, 0.25) is 6.41 Å². The van der Waals surface area contributed by atoms with Crippen molar-refractivity contribution in [3.63, 3.8) is 0 Å². The molecule has 1 rings (SSSR count). The third-order valence-electron chi connectivity index (χ3n) is 1.95. The Morgan fingerprint density at radius 3 is 2.44 bits per heavy atom. The van der Waals surface area contributed by atoms with Gasteiger partial charge in [0.15, 0.2) is 0 Å². The van der Waals surface area contributed by atoms with Crippen molar-refractivity contribution >= 4 is 23.9 Å². The molecular formula is C12H17N3O3. The van der Waals surface area contributed by atoms with Crippen LogP contribution in [0.4, 0.5) is 16.2 Å². The predicted molar refractivity (Wildman–Crippen MR) is 69.1 cm³/mol. The highest BCUT2D eigenvalue weighted by molar-refractivity contribution is 5.84. The van der Waals surface area contributed by atoms with Crippen molar-refractivity contribution in [2.75, 3.05) is 17.3 Å². The van der Waals surface area contributed by atoms with Crippen LogP contribution in [0.1, 0.15) is 13.8 Å². The summed E-state index contributed by atoms with van der Waals surface area (Å²) in [5.74, 6) is 0.303. The average molecular weight is 251 g/mol. The molecule has 0 aliphatic heterocycles. The molecule has 0 fully saturated rings. The fourth-order valence-electron chi connectivity index (χ4n) is 1.15. The summed E-state index contributed by atoms with van der Waals surface area (Å²) >= 11 is 0. The summed E-state index contributed by atoms with van der Waals surface area (Å²) in [4.78, 5) is 21.4. The number of rotatable bonds is 6. The summed E-state index contributed by atoms with van der Waals surface area (Å²) in [5.41, 5.74) is 6.30. The van der Waals surface area contributed by atoms with Gasteiger partial charge in [0.05, 0.1) is 12.3 Å². The van der Waals surface area contributed by atoms with Crippen molar-refractivity contribution in [2.45, 2.75) is 13.8 Å². The minimum Gasteiger partial charge on any atom is -0.449 e. The molecule has 98 valence electrons. The molecule has 0 heterocycles. The maximum absolute atomic E-state index is 11.4. The van der Waals surface area contributed by atoms with Gasteiger partial charge in [0, 0.05) is 5.69 Å². The van der Waals surface area contributed by atoms with Crippen LogP contribution in [0.25, 0.3) is 0 Å². The number of ether oxygens (including phenoxy) is 1. The molecule has 3 N–H and O–H groups in total. The first-order valence-corrected chi connectivity index (χ1v) is 5.61. The molecule has 1 aromatic carbocycles. The van der Waals surface area contributed by atoms with Crippen molar-refractivity contribution < 1.29 is 14.3 Å². The van der Waals surface area contributed by atoms with E-state index in [1.807, 2.05) is 13.8 Å². The molecule has 0 saturated carbocycles. The van der Waals surface area contributed by atoms with Crippen LogP contribution in [-0.4, -0.2) is 19.1 Å². The molecule has 2 amide bonds. The number of nitrogens with one attached hydrogen (secondary N) is 3. The Labute approximate surface area is 106 Å². The van der Waals surface area contributed by atoms with Crippen molar-refractivity contribution in [2.24, 2.45) is 5.92 Å². The van der Waals surface area contributed by atoms with E-state index in [4.69, 9.17) is 4.74 Å². The summed E-state index contributed by atoms with van der Waals surface area (Å²) < 4.78 is 4.98. The standard InChI is InChI=1S/C12H17N3O3/c1-9(2)7-18-12(17)14-10-3-5-11(6-4-10)15-13-8-16/h3-6,8-9,15H,7H2,1-2H3,(H,13,16)(H,14,17). The zero-order chi connectivity index (χ0) is 13.4. The van der Waals surface area contributed by atoms with Crippen LogP contribution in [0.2, 0.25) is 0 Å². The van der Waals surface area contributed by atoms with E-state index < -0.39 is 6.09 Å². The van der Waals surface area contributed by atoms with Crippen LogP contribution in [0.5, 0.6) is 0 Å². The number of amides is 2. The van der Waals surface area contributed by atoms with Crippen LogP contribution >= 0.6 is 0 Å². The number of anilines is 2. The number of hydrogen-bond acceptors (Lipinski definition) is 4.